The first-order valence-corrected chi connectivity index (χ1v) is 10.9. The van der Waals surface area contributed by atoms with E-state index in [1.807, 2.05) is 41.0 Å². The van der Waals surface area contributed by atoms with Gasteiger partial charge in [-0.05, 0) is 54.6 Å². The van der Waals surface area contributed by atoms with E-state index < -0.39 is 15.7 Å². The fourth-order valence-corrected chi connectivity index (χ4v) is 4.30. The summed E-state index contributed by atoms with van der Waals surface area (Å²) in [5.41, 5.74) is 3.58. The molecule has 29 heavy (non-hydrogen) atoms. The number of nitrogens with one attached hydrogen (secondary N) is 1. The number of amides is 1. The second-order valence-corrected chi connectivity index (χ2v) is 8.91. The quantitative estimate of drug-likeness (QED) is 0.527. The van der Waals surface area contributed by atoms with Crippen molar-refractivity contribution in [2.75, 3.05) is 11.6 Å². The zero-order chi connectivity index (χ0) is 20.6. The van der Waals surface area contributed by atoms with Crippen molar-refractivity contribution in [2.24, 2.45) is 0 Å². The summed E-state index contributed by atoms with van der Waals surface area (Å²) in [6.07, 6.45) is 2.80. The van der Waals surface area contributed by atoms with Crippen LogP contribution in [0.4, 0.5) is 5.69 Å². The molecule has 146 valence electrons. The average molecular weight is 426 g/mol. The molecule has 3 aromatic carbocycles. The summed E-state index contributed by atoms with van der Waals surface area (Å²) in [4.78, 5) is 16.8. The van der Waals surface area contributed by atoms with Crippen LogP contribution in [0, 0.1) is 0 Å². The van der Waals surface area contributed by atoms with Gasteiger partial charge in [0.2, 0.25) is 0 Å². The van der Waals surface area contributed by atoms with E-state index in [4.69, 9.17) is 11.6 Å². The van der Waals surface area contributed by atoms with Crippen molar-refractivity contribution in [1.29, 1.82) is 0 Å². The molecule has 1 aromatic heterocycles. The van der Waals surface area contributed by atoms with Gasteiger partial charge in [-0.15, -0.1) is 0 Å². The van der Waals surface area contributed by atoms with E-state index in [0.717, 1.165) is 23.0 Å². The highest BCUT2D eigenvalue weighted by Gasteiger charge is 2.16. The van der Waals surface area contributed by atoms with E-state index in [-0.39, 0.29) is 15.5 Å². The predicted octanol–water partition coefficient (Wildman–Crippen LogP) is 4.33. The Bertz CT molecular complexity index is 1330. The number of halogens is 1. The number of anilines is 1. The molecule has 0 aliphatic carbocycles. The maximum atomic E-state index is 12.5. The fourth-order valence-electron chi connectivity index (χ4n) is 3.00. The molecule has 0 saturated heterocycles. The lowest BCUT2D eigenvalue weighted by atomic mass is 10.2. The number of rotatable bonds is 4. The van der Waals surface area contributed by atoms with Gasteiger partial charge in [-0.3, -0.25) is 9.36 Å². The van der Waals surface area contributed by atoms with E-state index in [1.165, 1.54) is 18.2 Å². The monoisotopic (exact) mass is 425 g/mol. The summed E-state index contributed by atoms with van der Waals surface area (Å²) >= 11 is 5.94. The smallest absolute Gasteiger partial charge is 0.255 e. The Morgan fingerprint density at radius 3 is 2.48 bits per heavy atom. The van der Waals surface area contributed by atoms with Gasteiger partial charge >= 0.3 is 0 Å². The molecule has 4 rings (SSSR count). The maximum Gasteiger partial charge on any atom is 0.255 e. The minimum Gasteiger partial charge on any atom is -0.322 e. The molecule has 1 amide bonds. The number of carbonyl (C=O) groups is 1. The third kappa shape index (κ3) is 3.87. The molecule has 0 radical (unpaired) electrons. The third-order valence-electron chi connectivity index (χ3n) is 4.45. The number of aromatic nitrogens is 2. The van der Waals surface area contributed by atoms with Crippen molar-refractivity contribution in [3.63, 3.8) is 0 Å². The van der Waals surface area contributed by atoms with Gasteiger partial charge in [0.15, 0.2) is 9.84 Å². The van der Waals surface area contributed by atoms with Gasteiger partial charge in [0.05, 0.1) is 21.0 Å². The number of carbonyl (C=O) groups excluding carboxylic acids is 1. The highest BCUT2D eigenvalue weighted by atomic mass is 35.5. The normalized spacial score (nSPS) is 11.5. The molecule has 0 fully saturated rings. The average Bonchev–Trinajstić information content (AvgIpc) is 3.12. The molecule has 6 nitrogen and oxygen atoms in total. The van der Waals surface area contributed by atoms with Crippen LogP contribution in [0.1, 0.15) is 10.4 Å². The molecule has 4 aromatic rings. The number of imidazole rings is 1. The van der Waals surface area contributed by atoms with Gasteiger partial charge in [-0.2, -0.15) is 0 Å². The largest absolute Gasteiger partial charge is 0.322 e. The fraction of sp³-hybridized carbons (Fsp3) is 0.0476. The first-order chi connectivity index (χ1) is 13.8. The van der Waals surface area contributed by atoms with Gasteiger partial charge in [0.1, 0.15) is 6.33 Å². The van der Waals surface area contributed by atoms with Crippen molar-refractivity contribution in [1.82, 2.24) is 9.55 Å². The highest BCUT2D eigenvalue weighted by Crippen LogP contribution is 2.24. The Hall–Kier alpha value is -3.16. The van der Waals surface area contributed by atoms with Crippen molar-refractivity contribution in [3.05, 3.63) is 83.6 Å². The summed E-state index contributed by atoms with van der Waals surface area (Å²) in [6, 6.07) is 19.3. The van der Waals surface area contributed by atoms with Crippen molar-refractivity contribution < 1.29 is 13.2 Å². The van der Waals surface area contributed by atoms with Crippen LogP contribution in [-0.2, 0) is 9.84 Å². The van der Waals surface area contributed by atoms with Crippen LogP contribution in [-0.4, -0.2) is 30.1 Å². The second kappa shape index (κ2) is 7.35. The molecule has 1 heterocycles. The standard InChI is InChI=1S/C21H16ClN3O3S/c1-29(27,28)20-12-14(6-11-17(20)22)21(26)24-15-7-9-16(10-8-15)25-13-23-18-4-2-3-5-19(18)25/h2-13H,1H3,(H,24,26). The van der Waals surface area contributed by atoms with Crippen LogP contribution < -0.4 is 5.32 Å². The topological polar surface area (TPSA) is 81.1 Å². The molecule has 0 bridgehead atoms. The summed E-state index contributed by atoms with van der Waals surface area (Å²) in [5, 5.41) is 2.85. The molecule has 1 N–H and O–H groups in total. The van der Waals surface area contributed by atoms with Crippen LogP contribution in [0.2, 0.25) is 5.02 Å². The van der Waals surface area contributed by atoms with E-state index in [2.05, 4.69) is 10.3 Å². The molecule has 0 spiro atoms. The lowest BCUT2D eigenvalue weighted by Crippen LogP contribution is -2.13. The van der Waals surface area contributed by atoms with Crippen LogP contribution in [0.25, 0.3) is 16.7 Å². The van der Waals surface area contributed by atoms with Crippen LogP contribution >= 0.6 is 11.6 Å². The maximum absolute atomic E-state index is 12.5. The molecule has 0 aliphatic rings. The molecule has 0 unspecified atom stereocenters. The van der Waals surface area contributed by atoms with Gasteiger partial charge in [0, 0.05) is 23.2 Å². The number of nitrogens with zero attached hydrogens (tertiary/aromatic N) is 2. The zero-order valence-corrected chi connectivity index (χ0v) is 16.9. The second-order valence-electron chi connectivity index (χ2n) is 6.52. The molecule has 0 atom stereocenters. The Morgan fingerprint density at radius 1 is 1.03 bits per heavy atom. The zero-order valence-electron chi connectivity index (χ0n) is 15.3. The molecular formula is C21H16ClN3O3S. The van der Waals surface area contributed by atoms with E-state index >= 15 is 0 Å². The summed E-state index contributed by atoms with van der Waals surface area (Å²) < 4.78 is 25.6. The molecule has 8 heteroatoms. The van der Waals surface area contributed by atoms with E-state index in [1.54, 1.807) is 18.5 Å². The van der Waals surface area contributed by atoms with Crippen molar-refractivity contribution >= 4 is 44.1 Å². The van der Waals surface area contributed by atoms with Crippen LogP contribution in [0.3, 0.4) is 0 Å². The number of para-hydroxylation sites is 2. The Labute approximate surface area is 172 Å². The van der Waals surface area contributed by atoms with E-state index in [9.17, 15) is 13.2 Å². The lowest BCUT2D eigenvalue weighted by Gasteiger charge is -2.09. The van der Waals surface area contributed by atoms with Crippen LogP contribution in [0.15, 0.2) is 78.0 Å². The first-order valence-electron chi connectivity index (χ1n) is 8.66. The SMILES string of the molecule is CS(=O)(=O)c1cc(C(=O)Nc2ccc(-n3cnc4ccccc43)cc2)ccc1Cl. The van der Waals surface area contributed by atoms with Crippen molar-refractivity contribution in [2.45, 2.75) is 4.90 Å². The molecule has 0 aliphatic heterocycles. The van der Waals surface area contributed by atoms with Gasteiger partial charge < -0.3 is 5.32 Å². The van der Waals surface area contributed by atoms with Crippen LogP contribution in [0.5, 0.6) is 0 Å². The highest BCUT2D eigenvalue weighted by molar-refractivity contribution is 7.90. The summed E-state index contributed by atoms with van der Waals surface area (Å²) in [6.45, 7) is 0. The van der Waals surface area contributed by atoms with Gasteiger partial charge in [-0.25, -0.2) is 13.4 Å². The predicted molar refractivity (Wildman–Crippen MR) is 114 cm³/mol. The summed E-state index contributed by atoms with van der Waals surface area (Å²) in [5.74, 6) is -0.424. The van der Waals surface area contributed by atoms with Gasteiger partial charge in [-0.1, -0.05) is 23.7 Å². The van der Waals surface area contributed by atoms with E-state index in [0.29, 0.717) is 5.69 Å². The Kier molecular flexibility index (Phi) is 4.86. The molecule has 0 saturated carbocycles. The number of hydrogen-bond acceptors (Lipinski definition) is 4. The summed E-state index contributed by atoms with van der Waals surface area (Å²) in [7, 11) is -3.53. The molecular weight excluding hydrogens is 410 g/mol. The Balaban J connectivity index is 1.57. The minimum atomic E-state index is -3.53. The Morgan fingerprint density at radius 2 is 1.76 bits per heavy atom. The number of benzene rings is 3. The number of fused-ring (bicyclic) bond motifs is 1. The third-order valence-corrected chi connectivity index (χ3v) is 6.03. The van der Waals surface area contributed by atoms with Gasteiger partial charge in [0.25, 0.3) is 5.91 Å². The lowest BCUT2D eigenvalue weighted by molar-refractivity contribution is 0.102. The van der Waals surface area contributed by atoms with Crippen molar-refractivity contribution in [3.8, 4) is 5.69 Å². The number of sulfone groups is 1. The number of hydrogen-bond donors (Lipinski definition) is 1. The minimum absolute atomic E-state index is 0.0749. The first kappa shape index (κ1) is 19.2.